The molecule has 0 unspecified atom stereocenters. The Kier molecular flexibility index (Phi) is 3.65. The van der Waals surface area contributed by atoms with Gasteiger partial charge in [0.25, 0.3) is 11.8 Å². The van der Waals surface area contributed by atoms with E-state index in [4.69, 9.17) is 9.47 Å². The number of aromatic amines is 1. The van der Waals surface area contributed by atoms with Crippen LogP contribution in [0.4, 0.5) is 0 Å². The number of likely N-dealkylation sites (N-methyl/N-ethyl adjacent to an activating group) is 1. The zero-order chi connectivity index (χ0) is 16.6. The molecule has 2 aromatic rings. The van der Waals surface area contributed by atoms with Gasteiger partial charge in [0.1, 0.15) is 0 Å². The highest BCUT2D eigenvalue weighted by atomic mass is 16.5. The maximum atomic E-state index is 12.5. The lowest BCUT2D eigenvalue weighted by Crippen LogP contribution is -2.26. The number of amides is 2. The van der Waals surface area contributed by atoms with E-state index >= 15 is 0 Å². The van der Waals surface area contributed by atoms with Gasteiger partial charge in [0, 0.05) is 13.2 Å². The van der Waals surface area contributed by atoms with Crippen LogP contribution < -0.4 is 9.47 Å². The fourth-order valence-electron chi connectivity index (χ4n) is 2.64. The highest BCUT2D eigenvalue weighted by Gasteiger charge is 2.37. The summed E-state index contributed by atoms with van der Waals surface area (Å²) in [6.45, 7) is 0. The van der Waals surface area contributed by atoms with Gasteiger partial charge in [0.2, 0.25) is 0 Å². The molecule has 0 spiro atoms. The quantitative estimate of drug-likeness (QED) is 0.876. The third-order valence-electron chi connectivity index (χ3n) is 3.83. The van der Waals surface area contributed by atoms with Crippen LogP contribution in [0.25, 0.3) is 11.1 Å². The number of ether oxygens (including phenoxy) is 2. The van der Waals surface area contributed by atoms with E-state index in [9.17, 15) is 9.59 Å². The maximum Gasteiger partial charge on any atom is 0.263 e. The normalized spacial score (nSPS) is 14.7. The second-order valence-electron chi connectivity index (χ2n) is 5.07. The molecule has 3 rings (SSSR count). The smallest absolute Gasteiger partial charge is 0.263 e. The van der Waals surface area contributed by atoms with Gasteiger partial charge in [-0.2, -0.15) is 0 Å². The number of methoxy groups -OCH3 is 2. The molecule has 2 heterocycles. The van der Waals surface area contributed by atoms with Crippen molar-refractivity contribution < 1.29 is 19.1 Å². The van der Waals surface area contributed by atoms with Gasteiger partial charge in [-0.1, -0.05) is 6.07 Å². The number of carbonyl (C=O) groups excluding carboxylic acids is 2. The lowest BCUT2D eigenvalue weighted by molar-refractivity contribution is -0.134. The van der Waals surface area contributed by atoms with Crippen molar-refractivity contribution >= 4 is 23.0 Å². The highest BCUT2D eigenvalue weighted by Crippen LogP contribution is 2.37. The van der Waals surface area contributed by atoms with Crippen molar-refractivity contribution in [1.29, 1.82) is 0 Å². The first-order chi connectivity index (χ1) is 11.1. The van der Waals surface area contributed by atoms with E-state index in [2.05, 4.69) is 4.98 Å². The van der Waals surface area contributed by atoms with E-state index < -0.39 is 0 Å². The van der Waals surface area contributed by atoms with Crippen molar-refractivity contribution in [3.05, 3.63) is 47.8 Å². The molecule has 23 heavy (non-hydrogen) atoms. The first kappa shape index (κ1) is 14.9. The molecule has 0 bridgehead atoms. The molecule has 0 atom stereocenters. The van der Waals surface area contributed by atoms with Gasteiger partial charge < -0.3 is 14.5 Å². The molecule has 6 heteroatoms. The predicted molar refractivity (Wildman–Crippen MR) is 84.9 cm³/mol. The zero-order valence-electron chi connectivity index (χ0n) is 13.0. The number of hydrogen-bond donors (Lipinski definition) is 1. The Hall–Kier alpha value is -3.02. The summed E-state index contributed by atoms with van der Waals surface area (Å²) in [6, 6.07) is 8.69. The second kappa shape index (κ2) is 5.64. The molecule has 1 aliphatic rings. The number of carbonyl (C=O) groups is 2. The molecule has 0 radical (unpaired) electrons. The van der Waals surface area contributed by atoms with Crippen LogP contribution in [0.5, 0.6) is 11.5 Å². The zero-order valence-corrected chi connectivity index (χ0v) is 13.0. The third-order valence-corrected chi connectivity index (χ3v) is 3.83. The Labute approximate surface area is 133 Å². The predicted octanol–water partition coefficient (Wildman–Crippen LogP) is 1.94. The largest absolute Gasteiger partial charge is 0.493 e. The Bertz CT molecular complexity index is 806. The lowest BCUT2D eigenvalue weighted by atomic mass is 9.99. The number of imide groups is 1. The summed E-state index contributed by atoms with van der Waals surface area (Å²) in [5.41, 5.74) is 1.92. The molecule has 2 amide bonds. The monoisotopic (exact) mass is 312 g/mol. The summed E-state index contributed by atoms with van der Waals surface area (Å²) in [5, 5.41) is 0. The second-order valence-corrected chi connectivity index (χ2v) is 5.07. The van der Waals surface area contributed by atoms with E-state index in [1.165, 1.54) is 14.2 Å². The number of aromatic nitrogens is 1. The summed E-state index contributed by atoms with van der Waals surface area (Å²) >= 11 is 0. The van der Waals surface area contributed by atoms with Gasteiger partial charge in [0.15, 0.2) is 11.5 Å². The molecule has 0 saturated carbocycles. The van der Waals surface area contributed by atoms with Gasteiger partial charge in [-0.25, -0.2) is 0 Å². The Morgan fingerprint density at radius 3 is 2.26 bits per heavy atom. The van der Waals surface area contributed by atoms with Crippen LogP contribution in [-0.2, 0) is 9.59 Å². The SMILES string of the molecule is COc1ccc(C2=C(c3ccc[nH]3)C(=O)N(C)C2=O)cc1OC. The highest BCUT2D eigenvalue weighted by molar-refractivity contribution is 6.48. The van der Waals surface area contributed by atoms with Crippen LogP contribution in [0, 0.1) is 0 Å². The Morgan fingerprint density at radius 2 is 1.65 bits per heavy atom. The molecular weight excluding hydrogens is 296 g/mol. The fourth-order valence-corrected chi connectivity index (χ4v) is 2.64. The first-order valence-corrected chi connectivity index (χ1v) is 7.01. The molecule has 6 nitrogen and oxygen atoms in total. The number of rotatable bonds is 4. The minimum Gasteiger partial charge on any atom is -0.493 e. The van der Waals surface area contributed by atoms with Gasteiger partial charge in [-0.15, -0.1) is 0 Å². The van der Waals surface area contributed by atoms with Crippen molar-refractivity contribution in [2.45, 2.75) is 0 Å². The number of benzene rings is 1. The Morgan fingerprint density at radius 1 is 0.957 bits per heavy atom. The van der Waals surface area contributed by atoms with E-state index in [1.807, 2.05) is 0 Å². The van der Waals surface area contributed by atoms with Crippen molar-refractivity contribution in [3.63, 3.8) is 0 Å². The summed E-state index contributed by atoms with van der Waals surface area (Å²) in [5.74, 6) is 0.385. The average molecular weight is 312 g/mol. The molecule has 1 aromatic heterocycles. The first-order valence-electron chi connectivity index (χ1n) is 7.01. The molecule has 1 aliphatic heterocycles. The number of H-pyrrole nitrogens is 1. The van der Waals surface area contributed by atoms with Crippen molar-refractivity contribution in [2.75, 3.05) is 21.3 Å². The van der Waals surface area contributed by atoms with Crippen molar-refractivity contribution in [3.8, 4) is 11.5 Å². The molecule has 1 N–H and O–H groups in total. The van der Waals surface area contributed by atoms with Gasteiger partial charge in [0.05, 0.1) is 31.1 Å². The minimum absolute atomic E-state index is 0.331. The van der Waals surface area contributed by atoms with Gasteiger partial charge >= 0.3 is 0 Å². The van der Waals surface area contributed by atoms with Crippen molar-refractivity contribution in [1.82, 2.24) is 9.88 Å². The molecule has 0 saturated heterocycles. The summed E-state index contributed by atoms with van der Waals surface area (Å²) in [6.07, 6.45) is 1.71. The van der Waals surface area contributed by atoms with Gasteiger partial charge in [-0.3, -0.25) is 14.5 Å². The molecule has 0 aliphatic carbocycles. The Balaban J connectivity index is 2.22. The fraction of sp³-hybridized carbons (Fsp3) is 0.176. The van der Waals surface area contributed by atoms with Crippen molar-refractivity contribution in [2.24, 2.45) is 0 Å². The molecule has 118 valence electrons. The maximum absolute atomic E-state index is 12.5. The molecule has 0 fully saturated rings. The average Bonchev–Trinajstić information content (AvgIpc) is 3.17. The van der Waals surface area contributed by atoms with Gasteiger partial charge in [-0.05, 0) is 29.8 Å². The molecular formula is C17H16N2O4. The number of nitrogens with zero attached hydrogens (tertiary/aromatic N) is 1. The topological polar surface area (TPSA) is 71.6 Å². The number of nitrogens with one attached hydrogen (secondary N) is 1. The van der Waals surface area contributed by atoms with E-state index in [-0.39, 0.29) is 11.8 Å². The van der Waals surface area contributed by atoms with Crippen LogP contribution in [0.2, 0.25) is 0 Å². The summed E-state index contributed by atoms with van der Waals surface area (Å²) < 4.78 is 10.5. The molecule has 1 aromatic carbocycles. The van der Waals surface area contributed by atoms with Crippen LogP contribution >= 0.6 is 0 Å². The van der Waals surface area contributed by atoms with E-state index in [1.54, 1.807) is 43.6 Å². The third kappa shape index (κ3) is 2.28. The summed E-state index contributed by atoms with van der Waals surface area (Å²) in [4.78, 5) is 29.1. The van der Waals surface area contributed by atoms with Crippen LogP contribution in [0.15, 0.2) is 36.5 Å². The van der Waals surface area contributed by atoms with Crippen LogP contribution in [-0.4, -0.2) is 43.0 Å². The summed E-state index contributed by atoms with van der Waals surface area (Å²) in [7, 11) is 4.54. The standard InChI is InChI=1S/C17H16N2O4/c1-19-16(20)14(15(17(19)21)11-5-4-8-18-11)10-6-7-12(22-2)13(9-10)23-3/h4-9,18H,1-3H3. The van der Waals surface area contributed by atoms with E-state index in [0.717, 1.165) is 4.90 Å². The minimum atomic E-state index is -0.341. The van der Waals surface area contributed by atoms with Crippen LogP contribution in [0.3, 0.4) is 0 Å². The van der Waals surface area contributed by atoms with Crippen LogP contribution in [0.1, 0.15) is 11.3 Å². The van der Waals surface area contributed by atoms with E-state index in [0.29, 0.717) is 33.9 Å². The lowest BCUT2D eigenvalue weighted by Gasteiger charge is -2.10. The number of hydrogen-bond acceptors (Lipinski definition) is 4.